The van der Waals surface area contributed by atoms with Crippen molar-refractivity contribution in [2.75, 3.05) is 0 Å². The van der Waals surface area contributed by atoms with Crippen molar-refractivity contribution in [2.45, 2.75) is 0 Å². The fourth-order valence-electron chi connectivity index (χ4n) is 0.512. The summed E-state index contributed by atoms with van der Waals surface area (Å²) in [4.78, 5) is 0. The van der Waals surface area contributed by atoms with Gasteiger partial charge in [0.1, 0.15) is 0 Å². The molecule has 0 saturated heterocycles. The Morgan fingerprint density at radius 1 is 1.60 bits per heavy atom. The molecule has 1 rings (SSSR count). The zero-order valence-corrected chi connectivity index (χ0v) is 6.93. The molecule has 1 N–H and O–H groups in total. The second-order valence-corrected chi connectivity index (χ2v) is 2.64. The van der Waals surface area contributed by atoms with Crippen molar-refractivity contribution >= 4 is 22.1 Å². The average molecular weight is 199 g/mol. The molecule has 0 bridgehead atoms. The Balaban J connectivity index is 2.85. The molecule has 0 spiro atoms. The smallest absolute Gasteiger partial charge is 0.0472 e. The first-order valence-electron chi connectivity index (χ1n) is 2.81. The van der Waals surface area contributed by atoms with Crippen LogP contribution in [0.4, 0.5) is 0 Å². The van der Waals surface area contributed by atoms with Crippen LogP contribution in [0.3, 0.4) is 0 Å². The summed E-state index contributed by atoms with van der Waals surface area (Å²) in [6.45, 7) is 3.79. The van der Waals surface area contributed by atoms with Crippen LogP contribution in [0.1, 0.15) is 0 Å². The van der Waals surface area contributed by atoms with Crippen molar-refractivity contribution in [3.8, 4) is 0 Å². The standard InChI is InChI=1S/C7H7BrN2/c1-6-3-2-4-9-10-5-7(6)8/h2-5,10H,1H2/b3-2-,7-5+,9-4-. The summed E-state index contributed by atoms with van der Waals surface area (Å²) in [5.74, 6) is 0. The Kier molecular flexibility index (Phi) is 2.45. The maximum Gasteiger partial charge on any atom is 0.0472 e. The van der Waals surface area contributed by atoms with Crippen LogP contribution in [0.5, 0.6) is 0 Å². The first-order valence-corrected chi connectivity index (χ1v) is 3.60. The summed E-state index contributed by atoms with van der Waals surface area (Å²) >= 11 is 3.31. The number of hydrogen-bond donors (Lipinski definition) is 1. The number of rotatable bonds is 0. The Bertz CT molecular complexity index is 226. The minimum atomic E-state index is 0.917. The van der Waals surface area contributed by atoms with Crippen LogP contribution in [0.25, 0.3) is 0 Å². The quantitative estimate of drug-likeness (QED) is 0.633. The number of nitrogens with zero attached hydrogens (tertiary/aromatic N) is 1. The molecule has 1 aliphatic heterocycles. The van der Waals surface area contributed by atoms with Gasteiger partial charge in [0.15, 0.2) is 0 Å². The summed E-state index contributed by atoms with van der Waals surface area (Å²) in [5, 5.41) is 3.81. The first kappa shape index (κ1) is 7.28. The number of hydrogen-bond acceptors (Lipinski definition) is 2. The third-order valence-electron chi connectivity index (χ3n) is 1.03. The zero-order chi connectivity index (χ0) is 7.40. The second-order valence-electron chi connectivity index (χ2n) is 1.78. The molecule has 0 aromatic rings. The van der Waals surface area contributed by atoms with Crippen LogP contribution in [-0.4, -0.2) is 6.21 Å². The lowest BCUT2D eigenvalue weighted by molar-refractivity contribution is 0.972. The molecular weight excluding hydrogens is 192 g/mol. The van der Waals surface area contributed by atoms with Gasteiger partial charge in [-0.2, -0.15) is 5.10 Å². The van der Waals surface area contributed by atoms with Gasteiger partial charge >= 0.3 is 0 Å². The molecule has 0 fully saturated rings. The van der Waals surface area contributed by atoms with E-state index in [0.29, 0.717) is 0 Å². The first-order chi connectivity index (χ1) is 4.80. The van der Waals surface area contributed by atoms with Crippen LogP contribution in [-0.2, 0) is 0 Å². The Morgan fingerprint density at radius 2 is 2.40 bits per heavy atom. The van der Waals surface area contributed by atoms with Gasteiger partial charge in [0, 0.05) is 16.9 Å². The van der Waals surface area contributed by atoms with E-state index in [1.54, 1.807) is 12.4 Å². The molecule has 0 amide bonds. The Labute approximate surface area is 68.1 Å². The van der Waals surface area contributed by atoms with Gasteiger partial charge in [-0.25, -0.2) is 0 Å². The minimum absolute atomic E-state index is 0.917. The molecule has 10 heavy (non-hydrogen) atoms. The van der Waals surface area contributed by atoms with E-state index in [2.05, 4.69) is 33.0 Å². The molecule has 0 saturated carbocycles. The van der Waals surface area contributed by atoms with E-state index >= 15 is 0 Å². The highest BCUT2D eigenvalue weighted by Gasteiger charge is 1.93. The van der Waals surface area contributed by atoms with Gasteiger partial charge in [-0.1, -0.05) is 12.7 Å². The molecule has 1 heterocycles. The number of hydrazone groups is 1. The van der Waals surface area contributed by atoms with Crippen LogP contribution < -0.4 is 5.43 Å². The van der Waals surface area contributed by atoms with Crippen molar-refractivity contribution < 1.29 is 0 Å². The third-order valence-corrected chi connectivity index (χ3v) is 1.77. The monoisotopic (exact) mass is 198 g/mol. The van der Waals surface area contributed by atoms with Gasteiger partial charge in [-0.3, -0.25) is 5.43 Å². The minimum Gasteiger partial charge on any atom is -0.285 e. The van der Waals surface area contributed by atoms with Crippen LogP contribution in [0.15, 0.2) is 40.1 Å². The average Bonchev–Trinajstić information content (AvgIpc) is 1.92. The van der Waals surface area contributed by atoms with Gasteiger partial charge in [-0.15, -0.1) is 0 Å². The number of nitrogens with one attached hydrogen (secondary N) is 1. The van der Waals surface area contributed by atoms with Gasteiger partial charge in [-0.05, 0) is 27.6 Å². The third kappa shape index (κ3) is 1.84. The molecule has 3 heteroatoms. The maximum absolute atomic E-state index is 3.81. The molecule has 0 atom stereocenters. The molecule has 1 aliphatic rings. The van der Waals surface area contributed by atoms with E-state index in [-0.39, 0.29) is 0 Å². The summed E-state index contributed by atoms with van der Waals surface area (Å²) < 4.78 is 0.917. The zero-order valence-electron chi connectivity index (χ0n) is 5.34. The van der Waals surface area contributed by atoms with Crippen molar-refractivity contribution in [3.05, 3.63) is 35.0 Å². The van der Waals surface area contributed by atoms with E-state index < -0.39 is 0 Å². The normalized spacial score (nSPS) is 28.9. The largest absolute Gasteiger partial charge is 0.285 e. The molecule has 0 aromatic carbocycles. The predicted octanol–water partition coefficient (Wildman–Crippen LogP) is 1.92. The molecular formula is C7H7BrN2. The molecule has 2 nitrogen and oxygen atoms in total. The summed E-state index contributed by atoms with van der Waals surface area (Å²) in [6.07, 6.45) is 7.11. The van der Waals surface area contributed by atoms with Crippen molar-refractivity contribution in [2.24, 2.45) is 5.10 Å². The van der Waals surface area contributed by atoms with Crippen LogP contribution >= 0.6 is 15.9 Å². The van der Waals surface area contributed by atoms with Crippen molar-refractivity contribution in [1.82, 2.24) is 5.43 Å². The van der Waals surface area contributed by atoms with Crippen LogP contribution in [0.2, 0.25) is 0 Å². The Morgan fingerprint density at radius 3 is 3.20 bits per heavy atom. The summed E-state index contributed by atoms with van der Waals surface area (Å²) in [7, 11) is 0. The van der Waals surface area contributed by atoms with Gasteiger partial charge in [0.05, 0.1) is 0 Å². The topological polar surface area (TPSA) is 24.4 Å². The molecule has 0 aromatic heterocycles. The lowest BCUT2D eigenvalue weighted by atomic mass is 10.3. The fraction of sp³-hybridized carbons (Fsp3) is 0. The van der Waals surface area contributed by atoms with E-state index in [1.807, 2.05) is 12.2 Å². The molecule has 0 radical (unpaired) electrons. The number of allylic oxidation sites excluding steroid dienone is 4. The van der Waals surface area contributed by atoms with Crippen molar-refractivity contribution in [1.29, 1.82) is 0 Å². The molecule has 0 aliphatic carbocycles. The van der Waals surface area contributed by atoms with Gasteiger partial charge in [0.25, 0.3) is 0 Å². The Hall–Kier alpha value is -0.830. The van der Waals surface area contributed by atoms with Gasteiger partial charge in [0.2, 0.25) is 0 Å². The highest BCUT2D eigenvalue weighted by molar-refractivity contribution is 9.12. The summed E-state index contributed by atoms with van der Waals surface area (Å²) in [5.41, 5.74) is 3.65. The predicted molar refractivity (Wildman–Crippen MR) is 46.9 cm³/mol. The van der Waals surface area contributed by atoms with Crippen LogP contribution in [0, 0.1) is 0 Å². The highest BCUT2D eigenvalue weighted by atomic mass is 79.9. The fourth-order valence-corrected chi connectivity index (χ4v) is 0.746. The molecule has 0 unspecified atom stereocenters. The van der Waals surface area contributed by atoms with E-state index in [0.717, 1.165) is 10.1 Å². The number of halogens is 1. The van der Waals surface area contributed by atoms with Gasteiger partial charge < -0.3 is 0 Å². The van der Waals surface area contributed by atoms with E-state index in [1.165, 1.54) is 0 Å². The lowest BCUT2D eigenvalue weighted by Gasteiger charge is -1.99. The summed E-state index contributed by atoms with van der Waals surface area (Å²) in [6, 6.07) is 0. The SMILES string of the molecule is C=C1/C=C\C=N/N/C=C\1Br. The van der Waals surface area contributed by atoms with E-state index in [4.69, 9.17) is 0 Å². The van der Waals surface area contributed by atoms with Crippen molar-refractivity contribution in [3.63, 3.8) is 0 Å². The highest BCUT2D eigenvalue weighted by Crippen LogP contribution is 2.15. The maximum atomic E-state index is 3.81. The van der Waals surface area contributed by atoms with E-state index in [9.17, 15) is 0 Å². The second kappa shape index (κ2) is 3.37. The molecule has 52 valence electrons. The lowest BCUT2D eigenvalue weighted by Crippen LogP contribution is -1.96.